The molecule has 1 aliphatic rings. The van der Waals surface area contributed by atoms with E-state index in [0.717, 1.165) is 17.5 Å². The molecule has 3 aromatic rings. The standard InChI is InChI=1S/C18H16FN3O2/c1-24-16-12(3-2-4-14(16)19)11-7-8-15-13(9-11)18(23)22(20)17(21-15)10-5-6-10/h2-4,7-10H,5-6,20H2,1H3. The Kier molecular flexibility index (Phi) is 3.26. The first-order valence-electron chi connectivity index (χ1n) is 7.75. The summed E-state index contributed by atoms with van der Waals surface area (Å²) in [4.78, 5) is 17.1. The van der Waals surface area contributed by atoms with E-state index >= 15 is 0 Å². The van der Waals surface area contributed by atoms with E-state index in [9.17, 15) is 9.18 Å². The highest BCUT2D eigenvalue weighted by Gasteiger charge is 2.29. The van der Waals surface area contributed by atoms with Crippen molar-refractivity contribution in [2.45, 2.75) is 18.8 Å². The van der Waals surface area contributed by atoms with Gasteiger partial charge in [-0.15, -0.1) is 0 Å². The minimum absolute atomic E-state index is 0.146. The molecule has 0 saturated heterocycles. The lowest BCUT2D eigenvalue weighted by Gasteiger charge is -2.11. The average molecular weight is 325 g/mol. The average Bonchev–Trinajstić information content (AvgIpc) is 3.42. The third kappa shape index (κ3) is 2.22. The van der Waals surface area contributed by atoms with Crippen molar-refractivity contribution in [1.29, 1.82) is 0 Å². The molecular weight excluding hydrogens is 309 g/mol. The number of ether oxygens (including phenoxy) is 1. The van der Waals surface area contributed by atoms with Crippen molar-refractivity contribution < 1.29 is 9.13 Å². The highest BCUT2D eigenvalue weighted by atomic mass is 19.1. The number of hydrogen-bond acceptors (Lipinski definition) is 4. The summed E-state index contributed by atoms with van der Waals surface area (Å²) >= 11 is 0. The minimum Gasteiger partial charge on any atom is -0.493 e. The quantitative estimate of drug-likeness (QED) is 0.752. The second kappa shape index (κ2) is 5.33. The number of para-hydroxylation sites is 1. The first kappa shape index (κ1) is 14.7. The molecule has 1 aliphatic carbocycles. The Morgan fingerprint density at radius 2 is 2.08 bits per heavy atom. The second-order valence-electron chi connectivity index (χ2n) is 5.97. The van der Waals surface area contributed by atoms with Crippen LogP contribution in [0, 0.1) is 5.82 Å². The predicted octanol–water partition coefficient (Wildman–Crippen LogP) is 2.80. The predicted molar refractivity (Wildman–Crippen MR) is 90.1 cm³/mol. The first-order chi connectivity index (χ1) is 11.6. The minimum atomic E-state index is -0.450. The van der Waals surface area contributed by atoms with Crippen molar-refractivity contribution in [3.8, 4) is 16.9 Å². The van der Waals surface area contributed by atoms with Crippen LogP contribution in [0.5, 0.6) is 5.75 Å². The molecule has 122 valence electrons. The van der Waals surface area contributed by atoms with Gasteiger partial charge in [0.25, 0.3) is 5.56 Å². The van der Waals surface area contributed by atoms with E-state index in [4.69, 9.17) is 10.6 Å². The number of nitrogen functional groups attached to an aromatic ring is 1. The number of nitrogens with two attached hydrogens (primary N) is 1. The molecule has 1 saturated carbocycles. The topological polar surface area (TPSA) is 70.1 Å². The van der Waals surface area contributed by atoms with Gasteiger partial charge in [-0.2, -0.15) is 0 Å². The molecular formula is C18H16FN3O2. The Morgan fingerprint density at radius 1 is 1.29 bits per heavy atom. The first-order valence-corrected chi connectivity index (χ1v) is 7.75. The second-order valence-corrected chi connectivity index (χ2v) is 5.97. The zero-order valence-electron chi connectivity index (χ0n) is 13.1. The maximum Gasteiger partial charge on any atom is 0.279 e. The van der Waals surface area contributed by atoms with E-state index in [1.807, 2.05) is 6.07 Å². The lowest BCUT2D eigenvalue weighted by molar-refractivity contribution is 0.388. The van der Waals surface area contributed by atoms with Gasteiger partial charge in [0, 0.05) is 11.5 Å². The third-order valence-electron chi connectivity index (χ3n) is 4.35. The fraction of sp³-hybridized carbons (Fsp3) is 0.222. The Balaban J connectivity index is 1.94. The molecule has 5 nitrogen and oxygen atoms in total. The number of methoxy groups -OCH3 is 1. The van der Waals surface area contributed by atoms with E-state index in [1.165, 1.54) is 13.2 Å². The number of nitrogens with zero attached hydrogens (tertiary/aromatic N) is 2. The molecule has 1 aromatic heterocycles. The van der Waals surface area contributed by atoms with Crippen molar-refractivity contribution in [2.75, 3.05) is 13.0 Å². The van der Waals surface area contributed by atoms with Crippen molar-refractivity contribution in [3.63, 3.8) is 0 Å². The highest BCUT2D eigenvalue weighted by molar-refractivity contribution is 5.85. The summed E-state index contributed by atoms with van der Waals surface area (Å²) in [6, 6.07) is 9.94. The number of fused-ring (bicyclic) bond motifs is 1. The SMILES string of the molecule is COc1c(F)cccc1-c1ccc2nc(C3CC3)n(N)c(=O)c2c1. The van der Waals surface area contributed by atoms with E-state index < -0.39 is 5.82 Å². The van der Waals surface area contributed by atoms with Gasteiger partial charge in [-0.05, 0) is 36.6 Å². The molecule has 0 atom stereocenters. The molecule has 1 heterocycles. The van der Waals surface area contributed by atoms with Gasteiger partial charge in [0.1, 0.15) is 5.82 Å². The van der Waals surface area contributed by atoms with E-state index in [0.29, 0.717) is 27.9 Å². The molecule has 0 amide bonds. The lowest BCUT2D eigenvalue weighted by atomic mass is 10.0. The van der Waals surface area contributed by atoms with Gasteiger partial charge in [-0.3, -0.25) is 4.79 Å². The van der Waals surface area contributed by atoms with Gasteiger partial charge in [-0.1, -0.05) is 18.2 Å². The molecule has 0 unspecified atom stereocenters. The van der Waals surface area contributed by atoms with Crippen molar-refractivity contribution >= 4 is 10.9 Å². The smallest absolute Gasteiger partial charge is 0.279 e. The van der Waals surface area contributed by atoms with E-state index in [2.05, 4.69) is 4.98 Å². The summed E-state index contributed by atoms with van der Waals surface area (Å²) in [6.45, 7) is 0. The van der Waals surface area contributed by atoms with Crippen molar-refractivity contribution in [1.82, 2.24) is 9.66 Å². The van der Waals surface area contributed by atoms with Crippen LogP contribution in [0.1, 0.15) is 24.6 Å². The molecule has 2 aromatic carbocycles. The molecule has 24 heavy (non-hydrogen) atoms. The van der Waals surface area contributed by atoms with Gasteiger partial charge in [0.15, 0.2) is 11.6 Å². The van der Waals surface area contributed by atoms with Crippen LogP contribution >= 0.6 is 0 Å². The van der Waals surface area contributed by atoms with E-state index in [-0.39, 0.29) is 17.2 Å². The zero-order chi connectivity index (χ0) is 16.8. The summed E-state index contributed by atoms with van der Waals surface area (Å²) in [5, 5.41) is 0.408. The van der Waals surface area contributed by atoms with Gasteiger partial charge >= 0.3 is 0 Å². The Hall–Kier alpha value is -2.89. The Labute approximate surface area is 137 Å². The molecule has 0 bridgehead atoms. The largest absolute Gasteiger partial charge is 0.493 e. The van der Waals surface area contributed by atoms with Crippen LogP contribution in [0.15, 0.2) is 41.2 Å². The number of halogens is 1. The van der Waals surface area contributed by atoms with Gasteiger partial charge in [0.2, 0.25) is 0 Å². The van der Waals surface area contributed by atoms with Gasteiger partial charge in [-0.25, -0.2) is 14.1 Å². The van der Waals surface area contributed by atoms with Crippen LogP contribution in [0.25, 0.3) is 22.0 Å². The fourth-order valence-electron chi connectivity index (χ4n) is 2.96. The molecule has 0 aliphatic heterocycles. The van der Waals surface area contributed by atoms with Crippen molar-refractivity contribution in [2.24, 2.45) is 0 Å². The summed E-state index contributed by atoms with van der Waals surface area (Å²) in [5.74, 6) is 6.51. The van der Waals surface area contributed by atoms with Crippen LogP contribution in [-0.2, 0) is 0 Å². The fourth-order valence-corrected chi connectivity index (χ4v) is 2.96. The third-order valence-corrected chi connectivity index (χ3v) is 4.35. The monoisotopic (exact) mass is 325 g/mol. The normalized spacial score (nSPS) is 14.1. The Bertz CT molecular complexity index is 1010. The maximum atomic E-state index is 13.9. The van der Waals surface area contributed by atoms with Crippen LogP contribution in [0.3, 0.4) is 0 Å². The highest BCUT2D eigenvalue weighted by Crippen LogP contribution is 2.39. The number of aromatic nitrogens is 2. The summed E-state index contributed by atoms with van der Waals surface area (Å²) < 4.78 is 20.2. The van der Waals surface area contributed by atoms with Gasteiger partial charge in [0.05, 0.1) is 18.0 Å². The molecule has 4 rings (SSSR count). The number of rotatable bonds is 3. The lowest BCUT2D eigenvalue weighted by Crippen LogP contribution is -2.31. The van der Waals surface area contributed by atoms with Crippen LogP contribution < -0.4 is 16.1 Å². The Morgan fingerprint density at radius 3 is 2.79 bits per heavy atom. The van der Waals surface area contributed by atoms with Crippen molar-refractivity contribution in [3.05, 3.63) is 58.4 Å². The summed E-state index contributed by atoms with van der Waals surface area (Å²) in [5.41, 5.74) is 1.56. The van der Waals surface area contributed by atoms with Crippen LogP contribution in [0.4, 0.5) is 4.39 Å². The van der Waals surface area contributed by atoms with Gasteiger partial charge < -0.3 is 10.6 Å². The molecule has 2 N–H and O–H groups in total. The maximum absolute atomic E-state index is 13.9. The number of hydrogen-bond donors (Lipinski definition) is 1. The van der Waals surface area contributed by atoms with Crippen LogP contribution in [-0.4, -0.2) is 16.8 Å². The zero-order valence-corrected chi connectivity index (χ0v) is 13.1. The van der Waals surface area contributed by atoms with E-state index in [1.54, 1.807) is 24.3 Å². The molecule has 6 heteroatoms. The summed E-state index contributed by atoms with van der Waals surface area (Å²) in [7, 11) is 1.42. The van der Waals surface area contributed by atoms with Crippen LogP contribution in [0.2, 0.25) is 0 Å². The number of benzene rings is 2. The molecule has 0 spiro atoms. The summed E-state index contributed by atoms with van der Waals surface area (Å²) in [6.07, 6.45) is 2.02. The molecule has 1 fully saturated rings. The molecule has 0 radical (unpaired) electrons.